The lowest BCUT2D eigenvalue weighted by atomic mass is 10.2. The molecule has 2 N–H and O–H groups in total. The van der Waals surface area contributed by atoms with Crippen LogP contribution in [0.15, 0.2) is 30.6 Å². The second kappa shape index (κ2) is 3.99. The summed E-state index contributed by atoms with van der Waals surface area (Å²) in [5.74, 6) is -0.178. The van der Waals surface area contributed by atoms with Gasteiger partial charge in [-0.1, -0.05) is 12.1 Å². The highest BCUT2D eigenvalue weighted by Crippen LogP contribution is 2.09. The maximum absolute atomic E-state index is 10.9. The summed E-state index contributed by atoms with van der Waals surface area (Å²) < 4.78 is 23.2. The summed E-state index contributed by atoms with van der Waals surface area (Å²) in [6.45, 7) is 0. The van der Waals surface area contributed by atoms with Gasteiger partial charge in [0.15, 0.2) is 0 Å². The van der Waals surface area contributed by atoms with Gasteiger partial charge in [-0.25, -0.2) is 18.2 Å². The standard InChI is InChI=1S/C8H9N5O2S/c9-16(14,15)5-7-1-3-8(4-2-7)13-6-10-11-12-13/h1-4,6H,5H2,(H2,9,14,15). The van der Waals surface area contributed by atoms with E-state index in [1.54, 1.807) is 24.3 Å². The first-order valence-corrected chi connectivity index (χ1v) is 6.09. The summed E-state index contributed by atoms with van der Waals surface area (Å²) in [6.07, 6.45) is 1.45. The number of rotatable bonds is 3. The predicted molar refractivity (Wildman–Crippen MR) is 56.0 cm³/mol. The summed E-state index contributed by atoms with van der Waals surface area (Å²) in [5.41, 5.74) is 1.38. The minimum Gasteiger partial charge on any atom is -0.228 e. The van der Waals surface area contributed by atoms with Gasteiger partial charge in [-0.15, -0.1) is 5.10 Å². The first kappa shape index (κ1) is 10.7. The molecule has 0 spiro atoms. The van der Waals surface area contributed by atoms with Crippen LogP contribution in [0.4, 0.5) is 0 Å². The molecule has 1 aromatic carbocycles. The van der Waals surface area contributed by atoms with Gasteiger partial charge in [-0.3, -0.25) is 0 Å². The Hall–Kier alpha value is -1.80. The number of primary sulfonamides is 1. The SMILES string of the molecule is NS(=O)(=O)Cc1ccc(-n2cnnn2)cc1. The average Bonchev–Trinajstić information content (AvgIpc) is 2.69. The molecule has 0 saturated carbocycles. The van der Waals surface area contributed by atoms with Crippen LogP contribution < -0.4 is 5.14 Å². The van der Waals surface area contributed by atoms with Crippen molar-refractivity contribution in [3.63, 3.8) is 0 Å². The van der Waals surface area contributed by atoms with Crippen molar-refractivity contribution < 1.29 is 8.42 Å². The second-order valence-electron chi connectivity index (χ2n) is 3.23. The molecule has 16 heavy (non-hydrogen) atoms. The summed E-state index contributed by atoms with van der Waals surface area (Å²) in [5, 5.41) is 15.6. The number of benzene rings is 1. The summed E-state index contributed by atoms with van der Waals surface area (Å²) in [7, 11) is -3.49. The monoisotopic (exact) mass is 239 g/mol. The molecule has 0 bridgehead atoms. The van der Waals surface area contributed by atoms with Crippen molar-refractivity contribution in [1.82, 2.24) is 20.2 Å². The molecule has 1 aromatic heterocycles. The van der Waals surface area contributed by atoms with Gasteiger partial charge in [0.1, 0.15) is 6.33 Å². The predicted octanol–water partition coefficient (Wildman–Crippen LogP) is -0.549. The number of sulfonamides is 1. The lowest BCUT2D eigenvalue weighted by molar-refractivity contribution is 0.597. The Labute approximate surface area is 91.9 Å². The van der Waals surface area contributed by atoms with Crippen LogP contribution in [-0.4, -0.2) is 28.6 Å². The molecule has 8 heteroatoms. The number of hydrogen-bond acceptors (Lipinski definition) is 5. The van der Waals surface area contributed by atoms with Gasteiger partial charge in [-0.2, -0.15) is 0 Å². The molecule has 0 aliphatic rings. The zero-order chi connectivity index (χ0) is 11.6. The molecular formula is C8H9N5O2S. The van der Waals surface area contributed by atoms with E-state index in [4.69, 9.17) is 5.14 Å². The largest absolute Gasteiger partial charge is 0.228 e. The Morgan fingerprint density at radius 3 is 2.44 bits per heavy atom. The molecule has 1 heterocycles. The minimum absolute atomic E-state index is 0.178. The van der Waals surface area contributed by atoms with E-state index in [0.717, 1.165) is 5.69 Å². The molecule has 0 saturated heterocycles. The van der Waals surface area contributed by atoms with Crippen LogP contribution in [0.3, 0.4) is 0 Å². The maximum atomic E-state index is 10.9. The van der Waals surface area contributed by atoms with Gasteiger partial charge >= 0.3 is 0 Å². The maximum Gasteiger partial charge on any atom is 0.213 e. The van der Waals surface area contributed by atoms with Gasteiger partial charge in [0.05, 0.1) is 11.4 Å². The van der Waals surface area contributed by atoms with Crippen LogP contribution in [-0.2, 0) is 15.8 Å². The lowest BCUT2D eigenvalue weighted by Crippen LogP contribution is -2.14. The highest BCUT2D eigenvalue weighted by atomic mass is 32.2. The molecule has 0 amide bonds. The molecule has 0 fully saturated rings. The van der Waals surface area contributed by atoms with Crippen LogP contribution in [0.2, 0.25) is 0 Å². The van der Waals surface area contributed by atoms with Crippen molar-refractivity contribution >= 4 is 10.0 Å². The van der Waals surface area contributed by atoms with E-state index in [9.17, 15) is 8.42 Å². The number of nitrogens with two attached hydrogens (primary N) is 1. The number of nitrogens with zero attached hydrogens (tertiary/aromatic N) is 4. The van der Waals surface area contributed by atoms with Gasteiger partial charge < -0.3 is 0 Å². The minimum atomic E-state index is -3.49. The van der Waals surface area contributed by atoms with Gasteiger partial charge in [0.25, 0.3) is 0 Å². The van der Waals surface area contributed by atoms with Crippen LogP contribution in [0, 0.1) is 0 Å². The summed E-state index contributed by atoms with van der Waals surface area (Å²) in [4.78, 5) is 0. The Morgan fingerprint density at radius 1 is 1.25 bits per heavy atom. The summed E-state index contributed by atoms with van der Waals surface area (Å²) >= 11 is 0. The zero-order valence-corrected chi connectivity index (χ0v) is 9.00. The van der Waals surface area contributed by atoms with Crippen molar-refractivity contribution in [1.29, 1.82) is 0 Å². The van der Waals surface area contributed by atoms with Crippen LogP contribution >= 0.6 is 0 Å². The quantitative estimate of drug-likeness (QED) is 0.774. The molecule has 7 nitrogen and oxygen atoms in total. The molecule has 0 aliphatic carbocycles. The number of aromatic nitrogens is 4. The third-order valence-corrected chi connectivity index (χ3v) is 2.65. The lowest BCUT2D eigenvalue weighted by Gasteiger charge is -2.01. The number of tetrazole rings is 1. The number of hydrogen-bond donors (Lipinski definition) is 1. The van der Waals surface area contributed by atoms with E-state index < -0.39 is 10.0 Å². The fraction of sp³-hybridized carbons (Fsp3) is 0.125. The third-order valence-electron chi connectivity index (χ3n) is 1.92. The Morgan fingerprint density at radius 2 is 1.94 bits per heavy atom. The normalized spacial score (nSPS) is 11.6. The molecule has 0 aliphatic heterocycles. The van der Waals surface area contributed by atoms with E-state index in [2.05, 4.69) is 15.5 Å². The fourth-order valence-corrected chi connectivity index (χ4v) is 1.91. The smallest absolute Gasteiger partial charge is 0.213 e. The Kier molecular flexibility index (Phi) is 2.67. The molecule has 0 atom stereocenters. The topological polar surface area (TPSA) is 104 Å². The van der Waals surface area contributed by atoms with Crippen LogP contribution in [0.5, 0.6) is 0 Å². The fourth-order valence-electron chi connectivity index (χ4n) is 1.26. The van der Waals surface area contributed by atoms with Gasteiger partial charge in [0.2, 0.25) is 10.0 Å². The van der Waals surface area contributed by atoms with Crippen molar-refractivity contribution in [2.45, 2.75) is 5.75 Å². The Balaban J connectivity index is 2.24. The Bertz CT molecular complexity index is 561. The van der Waals surface area contributed by atoms with Crippen LogP contribution in [0.1, 0.15) is 5.56 Å². The second-order valence-corrected chi connectivity index (χ2v) is 4.84. The summed E-state index contributed by atoms with van der Waals surface area (Å²) in [6, 6.07) is 6.77. The van der Waals surface area contributed by atoms with Crippen molar-refractivity contribution in [2.75, 3.05) is 0 Å². The van der Waals surface area contributed by atoms with Gasteiger partial charge in [-0.05, 0) is 28.1 Å². The molecule has 2 aromatic rings. The van der Waals surface area contributed by atoms with Gasteiger partial charge in [0, 0.05) is 0 Å². The zero-order valence-electron chi connectivity index (χ0n) is 8.18. The first-order valence-electron chi connectivity index (χ1n) is 4.37. The molecule has 84 valence electrons. The molecule has 2 rings (SSSR count). The first-order chi connectivity index (χ1) is 7.54. The van der Waals surface area contributed by atoms with E-state index in [1.807, 2.05) is 0 Å². The highest BCUT2D eigenvalue weighted by Gasteiger charge is 2.05. The van der Waals surface area contributed by atoms with Crippen molar-refractivity contribution in [3.05, 3.63) is 36.2 Å². The van der Waals surface area contributed by atoms with E-state index in [1.165, 1.54) is 11.0 Å². The van der Waals surface area contributed by atoms with E-state index >= 15 is 0 Å². The highest BCUT2D eigenvalue weighted by molar-refractivity contribution is 7.88. The van der Waals surface area contributed by atoms with E-state index in [0.29, 0.717) is 5.56 Å². The van der Waals surface area contributed by atoms with Crippen molar-refractivity contribution in [3.8, 4) is 5.69 Å². The van der Waals surface area contributed by atoms with Crippen LogP contribution in [0.25, 0.3) is 5.69 Å². The third kappa shape index (κ3) is 2.61. The molecular weight excluding hydrogens is 230 g/mol. The van der Waals surface area contributed by atoms with E-state index in [-0.39, 0.29) is 5.75 Å². The molecule has 0 unspecified atom stereocenters. The average molecular weight is 239 g/mol. The van der Waals surface area contributed by atoms with Crippen molar-refractivity contribution in [2.24, 2.45) is 5.14 Å². The molecule has 0 radical (unpaired) electrons.